The predicted octanol–water partition coefficient (Wildman–Crippen LogP) is 2.95. The van der Waals surface area contributed by atoms with Crippen LogP contribution >= 0.6 is 0 Å². The first-order chi connectivity index (χ1) is 11.6. The molecule has 0 saturated heterocycles. The third kappa shape index (κ3) is 4.21. The number of methoxy groups -OCH3 is 2. The van der Waals surface area contributed by atoms with Crippen LogP contribution in [0.2, 0.25) is 0 Å². The molecule has 0 aliphatic heterocycles. The van der Waals surface area contributed by atoms with Gasteiger partial charge in [0.15, 0.2) is 6.79 Å². The van der Waals surface area contributed by atoms with Crippen molar-refractivity contribution in [3.8, 4) is 11.5 Å². The topological polar surface area (TPSA) is 60.0 Å². The Morgan fingerprint density at radius 3 is 2.50 bits per heavy atom. The lowest BCUT2D eigenvalue weighted by molar-refractivity contribution is -0.0103. The lowest BCUT2D eigenvalue weighted by Crippen LogP contribution is -2.54. The van der Waals surface area contributed by atoms with E-state index in [1.807, 2.05) is 18.2 Å². The Labute approximate surface area is 145 Å². The molecule has 0 spiro atoms. The average Bonchev–Trinajstić information content (AvgIpc) is 2.55. The van der Waals surface area contributed by atoms with Gasteiger partial charge in [-0.1, -0.05) is 20.3 Å². The Bertz CT molecular complexity index is 509. The van der Waals surface area contributed by atoms with Crippen LogP contribution in [0.5, 0.6) is 11.5 Å². The van der Waals surface area contributed by atoms with Gasteiger partial charge in [0.1, 0.15) is 11.5 Å². The maximum atomic E-state index is 9.90. The maximum absolute atomic E-state index is 9.90. The number of aliphatic hydroxyl groups is 1. The van der Waals surface area contributed by atoms with E-state index in [0.717, 1.165) is 29.9 Å². The second-order valence-electron chi connectivity index (χ2n) is 7.00. The van der Waals surface area contributed by atoms with Crippen molar-refractivity contribution in [3.05, 3.63) is 23.8 Å². The Kier molecular flexibility index (Phi) is 6.90. The fourth-order valence-electron chi connectivity index (χ4n) is 3.66. The zero-order valence-electron chi connectivity index (χ0n) is 15.3. The van der Waals surface area contributed by atoms with Gasteiger partial charge in [-0.15, -0.1) is 0 Å². The molecular weight excluding hydrogens is 306 g/mol. The zero-order chi connectivity index (χ0) is 17.6. The first-order valence-corrected chi connectivity index (χ1v) is 8.69. The number of hydrogen-bond donors (Lipinski definition) is 2. The van der Waals surface area contributed by atoms with Gasteiger partial charge in [-0.3, -0.25) is 0 Å². The molecule has 136 valence electrons. The Balaban J connectivity index is 2.13. The summed E-state index contributed by atoms with van der Waals surface area (Å²) in [5.41, 5.74) is 1.05. The molecule has 0 aromatic heterocycles. The van der Waals surface area contributed by atoms with Crippen LogP contribution in [0.1, 0.15) is 38.7 Å². The molecule has 1 aromatic carbocycles. The van der Waals surface area contributed by atoms with Crippen LogP contribution in [-0.2, 0) is 11.3 Å². The average molecular weight is 337 g/mol. The van der Waals surface area contributed by atoms with E-state index in [1.54, 1.807) is 14.2 Å². The standard InChI is InChI=1S/C19H31NO4/c1-14(2)18(19(12-21)8-5-9-19)20-11-15-10-16(23-4)6-7-17(15)24-13-22-3/h6-7,10,14,18,20-21H,5,8-9,11-13H2,1-4H3. The number of benzene rings is 1. The first-order valence-electron chi connectivity index (χ1n) is 8.69. The predicted molar refractivity (Wildman–Crippen MR) is 94.3 cm³/mol. The lowest BCUT2D eigenvalue weighted by atomic mass is 9.62. The second-order valence-corrected chi connectivity index (χ2v) is 7.00. The molecule has 1 unspecified atom stereocenters. The van der Waals surface area contributed by atoms with Crippen molar-refractivity contribution in [2.24, 2.45) is 11.3 Å². The molecular formula is C19H31NO4. The van der Waals surface area contributed by atoms with E-state index >= 15 is 0 Å². The molecule has 5 heteroatoms. The highest BCUT2D eigenvalue weighted by molar-refractivity contribution is 5.40. The van der Waals surface area contributed by atoms with Gasteiger partial charge in [0, 0.05) is 30.7 Å². The van der Waals surface area contributed by atoms with Gasteiger partial charge in [0.25, 0.3) is 0 Å². The van der Waals surface area contributed by atoms with Gasteiger partial charge in [-0.2, -0.15) is 0 Å². The summed E-state index contributed by atoms with van der Waals surface area (Å²) in [4.78, 5) is 0. The number of nitrogens with one attached hydrogen (secondary N) is 1. The zero-order valence-corrected chi connectivity index (χ0v) is 15.3. The number of rotatable bonds is 10. The highest BCUT2D eigenvalue weighted by Gasteiger charge is 2.44. The highest BCUT2D eigenvalue weighted by Crippen LogP contribution is 2.45. The van der Waals surface area contributed by atoms with Crippen molar-refractivity contribution >= 4 is 0 Å². The molecule has 0 amide bonds. The van der Waals surface area contributed by atoms with E-state index in [1.165, 1.54) is 6.42 Å². The fraction of sp³-hybridized carbons (Fsp3) is 0.684. The molecule has 2 N–H and O–H groups in total. The van der Waals surface area contributed by atoms with Crippen LogP contribution in [0.25, 0.3) is 0 Å². The second kappa shape index (κ2) is 8.70. The summed E-state index contributed by atoms with van der Waals surface area (Å²) in [6, 6.07) is 6.06. The van der Waals surface area contributed by atoms with Crippen LogP contribution < -0.4 is 14.8 Å². The number of aliphatic hydroxyl groups excluding tert-OH is 1. The molecule has 1 aliphatic rings. The van der Waals surface area contributed by atoms with E-state index in [0.29, 0.717) is 12.5 Å². The SMILES string of the molecule is COCOc1ccc(OC)cc1CNC(C(C)C)C1(CO)CCC1. The molecule has 2 rings (SSSR count). The molecule has 5 nitrogen and oxygen atoms in total. The lowest BCUT2D eigenvalue weighted by Gasteiger charge is -2.48. The summed E-state index contributed by atoms with van der Waals surface area (Å²) in [6.07, 6.45) is 3.38. The molecule has 1 aromatic rings. The number of hydrogen-bond acceptors (Lipinski definition) is 5. The maximum Gasteiger partial charge on any atom is 0.188 e. The Hall–Kier alpha value is -1.30. The summed E-state index contributed by atoms with van der Waals surface area (Å²) in [5, 5.41) is 13.6. The molecule has 24 heavy (non-hydrogen) atoms. The molecule has 0 heterocycles. The fourth-order valence-corrected chi connectivity index (χ4v) is 3.66. The van der Waals surface area contributed by atoms with Crippen molar-refractivity contribution in [2.45, 2.75) is 45.7 Å². The smallest absolute Gasteiger partial charge is 0.188 e. The summed E-state index contributed by atoms with van der Waals surface area (Å²) >= 11 is 0. The van der Waals surface area contributed by atoms with E-state index < -0.39 is 0 Å². The van der Waals surface area contributed by atoms with Crippen LogP contribution in [0.15, 0.2) is 18.2 Å². The van der Waals surface area contributed by atoms with Gasteiger partial charge in [-0.05, 0) is 37.0 Å². The van der Waals surface area contributed by atoms with Gasteiger partial charge in [0.05, 0.1) is 13.7 Å². The molecule has 1 atom stereocenters. The van der Waals surface area contributed by atoms with E-state index in [2.05, 4.69) is 19.2 Å². The minimum Gasteiger partial charge on any atom is -0.497 e. The summed E-state index contributed by atoms with van der Waals surface area (Å²) in [6.45, 7) is 5.55. The molecule has 0 bridgehead atoms. The third-order valence-electron chi connectivity index (χ3n) is 5.10. The van der Waals surface area contributed by atoms with Crippen molar-refractivity contribution in [1.82, 2.24) is 5.32 Å². The van der Waals surface area contributed by atoms with Crippen LogP contribution in [0.4, 0.5) is 0 Å². The minimum atomic E-state index is 0.0145. The monoisotopic (exact) mass is 337 g/mol. The van der Waals surface area contributed by atoms with Gasteiger partial charge in [0.2, 0.25) is 0 Å². The van der Waals surface area contributed by atoms with Crippen molar-refractivity contribution in [1.29, 1.82) is 0 Å². The van der Waals surface area contributed by atoms with E-state index in [9.17, 15) is 5.11 Å². The summed E-state index contributed by atoms with van der Waals surface area (Å²) in [7, 11) is 3.27. The largest absolute Gasteiger partial charge is 0.497 e. The highest BCUT2D eigenvalue weighted by atomic mass is 16.7. The van der Waals surface area contributed by atoms with Crippen LogP contribution in [-0.4, -0.2) is 38.8 Å². The quantitative estimate of drug-likeness (QED) is 0.643. The third-order valence-corrected chi connectivity index (χ3v) is 5.10. The van der Waals surface area contributed by atoms with Crippen LogP contribution in [0.3, 0.4) is 0 Å². The minimum absolute atomic E-state index is 0.0145. The van der Waals surface area contributed by atoms with E-state index in [-0.39, 0.29) is 24.9 Å². The van der Waals surface area contributed by atoms with Crippen molar-refractivity contribution < 1.29 is 19.3 Å². The molecule has 0 radical (unpaired) electrons. The summed E-state index contributed by atoms with van der Waals surface area (Å²) < 4.78 is 16.0. The molecule has 1 saturated carbocycles. The van der Waals surface area contributed by atoms with Gasteiger partial charge < -0.3 is 24.6 Å². The Morgan fingerprint density at radius 2 is 2.00 bits per heavy atom. The van der Waals surface area contributed by atoms with Gasteiger partial charge >= 0.3 is 0 Å². The molecule has 1 fully saturated rings. The molecule has 1 aliphatic carbocycles. The normalized spacial score (nSPS) is 17.4. The van der Waals surface area contributed by atoms with Crippen molar-refractivity contribution in [2.75, 3.05) is 27.6 Å². The van der Waals surface area contributed by atoms with Crippen LogP contribution in [0, 0.1) is 11.3 Å². The van der Waals surface area contributed by atoms with Crippen molar-refractivity contribution in [3.63, 3.8) is 0 Å². The first kappa shape index (κ1) is 19.0. The Morgan fingerprint density at radius 1 is 1.25 bits per heavy atom. The van der Waals surface area contributed by atoms with E-state index in [4.69, 9.17) is 14.2 Å². The number of ether oxygens (including phenoxy) is 3. The summed E-state index contributed by atoms with van der Waals surface area (Å²) in [5.74, 6) is 2.05. The van der Waals surface area contributed by atoms with Gasteiger partial charge in [-0.25, -0.2) is 0 Å².